The lowest BCUT2D eigenvalue weighted by molar-refractivity contribution is -0.384. The zero-order valence-corrected chi connectivity index (χ0v) is 22.1. The average Bonchev–Trinajstić information content (AvgIpc) is 3.44. The fourth-order valence-electron chi connectivity index (χ4n) is 4.49. The zero-order valence-electron chi connectivity index (χ0n) is 22.1. The maximum Gasteiger partial charge on any atom is 0.338 e. The highest BCUT2D eigenvalue weighted by molar-refractivity contribution is 5.91. The van der Waals surface area contributed by atoms with Gasteiger partial charge in [0.2, 0.25) is 11.8 Å². The molecule has 0 saturated carbocycles. The van der Waals surface area contributed by atoms with Crippen LogP contribution in [0, 0.1) is 10.1 Å². The number of nitrogens with one attached hydrogen (secondary N) is 1. The topological polar surface area (TPSA) is 209 Å². The van der Waals surface area contributed by atoms with E-state index in [0.717, 1.165) is 5.56 Å². The van der Waals surface area contributed by atoms with Gasteiger partial charge in [0, 0.05) is 25.2 Å². The number of nitro groups is 1. The van der Waals surface area contributed by atoms with Crippen molar-refractivity contribution in [2.45, 2.75) is 50.2 Å². The number of nitrogens with two attached hydrogens (primary N) is 3. The molecule has 3 atom stereocenters. The Morgan fingerprint density at radius 3 is 2.48 bits per heavy atom. The molecule has 1 aliphatic rings. The third-order valence-corrected chi connectivity index (χ3v) is 6.54. The second-order valence-corrected chi connectivity index (χ2v) is 9.54. The quantitative estimate of drug-likeness (QED) is 0.0691. The minimum absolute atomic E-state index is 0.0582. The first-order chi connectivity index (χ1) is 19.2. The molecule has 0 spiro atoms. The van der Waals surface area contributed by atoms with E-state index in [0.29, 0.717) is 45.2 Å². The van der Waals surface area contributed by atoms with Gasteiger partial charge in [-0.05, 0) is 49.8 Å². The summed E-state index contributed by atoms with van der Waals surface area (Å²) in [5, 5.41) is 13.8. The highest BCUT2D eigenvalue weighted by Crippen LogP contribution is 2.20. The molecule has 0 aliphatic carbocycles. The number of nitro benzene ring substituents is 1. The van der Waals surface area contributed by atoms with Gasteiger partial charge in [-0.2, -0.15) is 0 Å². The predicted octanol–water partition coefficient (Wildman–Crippen LogP) is 0.851. The normalized spacial score (nSPS) is 16.0. The average molecular weight is 554 g/mol. The minimum Gasteiger partial charge on any atom is -0.460 e. The van der Waals surface area contributed by atoms with Crippen molar-refractivity contribution in [3.63, 3.8) is 0 Å². The molecule has 0 unspecified atom stereocenters. The predicted molar refractivity (Wildman–Crippen MR) is 148 cm³/mol. The van der Waals surface area contributed by atoms with Gasteiger partial charge in [0.05, 0.1) is 22.6 Å². The number of non-ortho nitro benzene ring substituents is 1. The molecule has 0 bridgehead atoms. The number of carbonyl (C=O) groups excluding carboxylic acids is 3. The van der Waals surface area contributed by atoms with E-state index < -0.39 is 29.0 Å². The van der Waals surface area contributed by atoms with Crippen LogP contribution < -0.4 is 22.5 Å². The number of carbonyl (C=O) groups is 3. The van der Waals surface area contributed by atoms with Crippen LogP contribution in [-0.4, -0.2) is 71.4 Å². The van der Waals surface area contributed by atoms with Gasteiger partial charge in [0.15, 0.2) is 5.96 Å². The van der Waals surface area contributed by atoms with Crippen molar-refractivity contribution in [1.29, 1.82) is 0 Å². The molecule has 3 rings (SSSR count). The second kappa shape index (κ2) is 14.6. The molecule has 214 valence electrons. The summed E-state index contributed by atoms with van der Waals surface area (Å²) in [6.07, 6.45) is 2.39. The van der Waals surface area contributed by atoms with Gasteiger partial charge in [-0.15, -0.1) is 0 Å². The van der Waals surface area contributed by atoms with Crippen LogP contribution in [0.2, 0.25) is 0 Å². The Labute approximate surface area is 231 Å². The number of guanidine groups is 1. The summed E-state index contributed by atoms with van der Waals surface area (Å²) in [5.74, 6) is -1.41. The number of benzene rings is 2. The lowest BCUT2D eigenvalue weighted by atomic mass is 10.0. The van der Waals surface area contributed by atoms with Gasteiger partial charge in [-0.25, -0.2) is 4.79 Å². The molecule has 2 aromatic carbocycles. The molecule has 1 fully saturated rings. The van der Waals surface area contributed by atoms with Gasteiger partial charge >= 0.3 is 5.97 Å². The molecule has 1 aliphatic heterocycles. The molecule has 7 N–H and O–H groups in total. The largest absolute Gasteiger partial charge is 0.460 e. The van der Waals surface area contributed by atoms with E-state index in [9.17, 15) is 24.5 Å². The Bertz CT molecular complexity index is 1200. The van der Waals surface area contributed by atoms with E-state index >= 15 is 0 Å². The van der Waals surface area contributed by atoms with E-state index in [2.05, 4.69) is 10.3 Å². The SMILES string of the molecule is NC(N)=NCCC[C@@H](COC(=O)c1ccc([N+](=O)[O-])cc1)NC(=O)[C@@H]1CCCN1C(=O)[C@H](N)Cc1ccccc1. The highest BCUT2D eigenvalue weighted by atomic mass is 16.6. The molecule has 1 heterocycles. The van der Waals surface area contributed by atoms with Crippen LogP contribution in [0.4, 0.5) is 5.69 Å². The molecule has 0 aromatic heterocycles. The van der Waals surface area contributed by atoms with Crippen LogP contribution in [0.15, 0.2) is 59.6 Å². The van der Waals surface area contributed by atoms with Crippen molar-refractivity contribution in [2.24, 2.45) is 22.2 Å². The van der Waals surface area contributed by atoms with Crippen LogP contribution in [0.3, 0.4) is 0 Å². The third kappa shape index (κ3) is 8.76. The van der Waals surface area contributed by atoms with Gasteiger partial charge in [-0.1, -0.05) is 30.3 Å². The van der Waals surface area contributed by atoms with Crippen LogP contribution >= 0.6 is 0 Å². The number of likely N-dealkylation sites (tertiary alicyclic amines) is 1. The Morgan fingerprint density at radius 2 is 1.82 bits per heavy atom. The van der Waals surface area contributed by atoms with Crippen molar-refractivity contribution in [1.82, 2.24) is 10.2 Å². The number of hydrogen-bond donors (Lipinski definition) is 4. The fraction of sp³-hybridized carbons (Fsp3) is 0.407. The third-order valence-electron chi connectivity index (χ3n) is 6.54. The van der Waals surface area contributed by atoms with Gasteiger partial charge in [-0.3, -0.25) is 24.7 Å². The number of nitrogens with zero attached hydrogens (tertiary/aromatic N) is 3. The number of hydrogen-bond acceptors (Lipinski definition) is 8. The summed E-state index contributed by atoms with van der Waals surface area (Å²) in [5.41, 5.74) is 17.9. The maximum absolute atomic E-state index is 13.3. The van der Waals surface area contributed by atoms with E-state index in [1.165, 1.54) is 29.2 Å². The summed E-state index contributed by atoms with van der Waals surface area (Å²) in [6.45, 7) is 0.578. The molecule has 0 radical (unpaired) electrons. The number of amides is 2. The van der Waals surface area contributed by atoms with Gasteiger partial charge in [0.25, 0.3) is 5.69 Å². The van der Waals surface area contributed by atoms with Gasteiger partial charge in [0.1, 0.15) is 12.6 Å². The van der Waals surface area contributed by atoms with Crippen LogP contribution in [0.5, 0.6) is 0 Å². The monoisotopic (exact) mass is 553 g/mol. The Kier molecular flexibility index (Phi) is 10.9. The van der Waals surface area contributed by atoms with Crippen molar-refractivity contribution >= 4 is 29.4 Å². The number of aliphatic imine (C=N–C) groups is 1. The zero-order chi connectivity index (χ0) is 29.1. The lowest BCUT2D eigenvalue weighted by Gasteiger charge is -2.28. The van der Waals surface area contributed by atoms with Crippen LogP contribution in [0.1, 0.15) is 41.6 Å². The first-order valence-electron chi connectivity index (χ1n) is 13.0. The maximum atomic E-state index is 13.3. The van der Waals surface area contributed by atoms with E-state index in [1.807, 2.05) is 30.3 Å². The smallest absolute Gasteiger partial charge is 0.338 e. The molecule has 2 aromatic rings. The Morgan fingerprint density at radius 1 is 1.12 bits per heavy atom. The number of rotatable bonds is 13. The first-order valence-corrected chi connectivity index (χ1v) is 13.0. The lowest BCUT2D eigenvalue weighted by Crippen LogP contribution is -2.53. The minimum atomic E-state index is -0.783. The summed E-state index contributed by atoms with van der Waals surface area (Å²) >= 11 is 0. The highest BCUT2D eigenvalue weighted by Gasteiger charge is 2.37. The molecular weight excluding hydrogens is 518 g/mol. The summed E-state index contributed by atoms with van der Waals surface area (Å²) in [7, 11) is 0. The summed E-state index contributed by atoms with van der Waals surface area (Å²) < 4.78 is 5.40. The summed E-state index contributed by atoms with van der Waals surface area (Å²) in [6, 6.07) is 12.4. The van der Waals surface area contributed by atoms with Crippen LogP contribution in [-0.2, 0) is 20.7 Å². The first kappa shape index (κ1) is 30.0. The standard InChI is InChI=1S/C27H35N7O6/c28-22(16-18-6-2-1-3-7-18)25(36)33-15-5-9-23(33)24(35)32-20(8-4-14-31-27(29)30)17-40-26(37)19-10-12-21(13-11-19)34(38)39/h1-3,6-7,10-13,20,22-23H,4-5,8-9,14-17,28H2,(H,32,35)(H4,29,30,31)/t20-,22+,23-/m0/s1. The second-order valence-electron chi connectivity index (χ2n) is 9.54. The van der Waals surface area contributed by atoms with E-state index in [4.69, 9.17) is 21.9 Å². The molecule has 13 nitrogen and oxygen atoms in total. The molecule has 1 saturated heterocycles. The molecule has 13 heteroatoms. The Hall–Kier alpha value is -4.52. The van der Waals surface area contributed by atoms with Crippen LogP contribution in [0.25, 0.3) is 0 Å². The molecule has 2 amide bonds. The van der Waals surface area contributed by atoms with Crippen molar-refractivity contribution in [3.8, 4) is 0 Å². The summed E-state index contributed by atoms with van der Waals surface area (Å²) in [4.78, 5) is 54.7. The number of esters is 1. The van der Waals surface area contributed by atoms with Crippen molar-refractivity contribution < 1.29 is 24.0 Å². The Balaban J connectivity index is 1.62. The van der Waals surface area contributed by atoms with Gasteiger partial charge < -0.3 is 32.2 Å². The fourth-order valence-corrected chi connectivity index (χ4v) is 4.49. The van der Waals surface area contributed by atoms with Crippen molar-refractivity contribution in [2.75, 3.05) is 19.7 Å². The van der Waals surface area contributed by atoms with E-state index in [-0.39, 0.29) is 35.6 Å². The van der Waals surface area contributed by atoms with Crippen molar-refractivity contribution in [3.05, 3.63) is 75.8 Å². The van der Waals surface area contributed by atoms with E-state index in [1.54, 1.807) is 0 Å². The molecular formula is C27H35N7O6. The molecule has 40 heavy (non-hydrogen) atoms. The number of ether oxygens (including phenoxy) is 1.